The predicted octanol–water partition coefficient (Wildman–Crippen LogP) is 2.30. The number of pyridine rings is 1. The normalized spacial score (nSPS) is 21.2. The first-order valence-corrected chi connectivity index (χ1v) is 8.35. The third-order valence-electron chi connectivity index (χ3n) is 4.23. The van der Waals surface area contributed by atoms with Crippen LogP contribution in [0.3, 0.4) is 0 Å². The maximum absolute atomic E-state index is 12.6. The summed E-state index contributed by atoms with van der Waals surface area (Å²) in [6, 6.07) is 7.94. The molecule has 1 saturated heterocycles. The first-order chi connectivity index (χ1) is 11.1. The molecule has 1 aromatic heterocycles. The Kier molecular flexibility index (Phi) is 6.54. The summed E-state index contributed by atoms with van der Waals surface area (Å²) >= 11 is 0. The largest absolute Gasteiger partial charge is 0.341 e. The van der Waals surface area contributed by atoms with Crippen molar-refractivity contribution in [3.63, 3.8) is 0 Å². The quantitative estimate of drug-likeness (QED) is 0.808. The number of hydrogen-bond acceptors (Lipinski definition) is 4. The molecule has 1 aromatic rings. The van der Waals surface area contributed by atoms with Crippen LogP contribution in [0.1, 0.15) is 32.4 Å². The van der Waals surface area contributed by atoms with Crippen LogP contribution in [0.5, 0.6) is 0 Å². The fraction of sp³-hybridized carbons (Fsp3) is 0.611. The molecule has 2 heterocycles. The number of nitriles is 1. The van der Waals surface area contributed by atoms with E-state index in [1.165, 1.54) is 6.42 Å². The molecule has 0 bridgehead atoms. The minimum atomic E-state index is 0.164. The van der Waals surface area contributed by atoms with Crippen LogP contribution in [-0.4, -0.2) is 46.9 Å². The van der Waals surface area contributed by atoms with Gasteiger partial charge in [-0.3, -0.25) is 14.7 Å². The summed E-state index contributed by atoms with van der Waals surface area (Å²) in [6.45, 7) is 7.66. The van der Waals surface area contributed by atoms with Gasteiger partial charge in [0.2, 0.25) is 5.91 Å². The summed E-state index contributed by atoms with van der Waals surface area (Å²) in [5.74, 6) is 1.29. The van der Waals surface area contributed by atoms with Crippen molar-refractivity contribution >= 4 is 5.91 Å². The lowest BCUT2D eigenvalue weighted by Gasteiger charge is -2.36. The Morgan fingerprint density at radius 3 is 2.74 bits per heavy atom. The van der Waals surface area contributed by atoms with E-state index in [1.54, 1.807) is 6.20 Å². The first kappa shape index (κ1) is 17.4. The van der Waals surface area contributed by atoms with Crippen molar-refractivity contribution in [1.82, 2.24) is 14.8 Å². The number of aromatic nitrogens is 1. The Balaban J connectivity index is 1.96. The summed E-state index contributed by atoms with van der Waals surface area (Å²) < 4.78 is 0. The fourth-order valence-electron chi connectivity index (χ4n) is 3.30. The van der Waals surface area contributed by atoms with Crippen molar-refractivity contribution in [3.8, 4) is 6.07 Å². The van der Waals surface area contributed by atoms with Crippen molar-refractivity contribution in [1.29, 1.82) is 5.26 Å². The highest BCUT2D eigenvalue weighted by Crippen LogP contribution is 2.21. The molecule has 0 saturated carbocycles. The van der Waals surface area contributed by atoms with E-state index in [-0.39, 0.29) is 5.91 Å². The number of amides is 1. The second kappa shape index (κ2) is 8.64. The minimum absolute atomic E-state index is 0.164. The second-order valence-electron chi connectivity index (χ2n) is 6.68. The van der Waals surface area contributed by atoms with Crippen LogP contribution in [0, 0.1) is 23.2 Å². The Hall–Kier alpha value is -1.93. The average Bonchev–Trinajstić information content (AvgIpc) is 2.52. The SMILES string of the molecule is C[C@@H]1C[C@H](C)CN(C(=O)CN(CCC#N)Cc2ccccn2)C1. The highest BCUT2D eigenvalue weighted by molar-refractivity contribution is 5.78. The van der Waals surface area contributed by atoms with Gasteiger partial charge in [-0.15, -0.1) is 0 Å². The van der Waals surface area contributed by atoms with Gasteiger partial charge < -0.3 is 4.90 Å². The standard InChI is InChI=1S/C18H26N4O/c1-15-10-16(2)12-22(11-15)18(23)14-21(9-5-7-19)13-17-6-3-4-8-20-17/h3-4,6,8,15-16H,5,9-14H2,1-2H3/t15-,16+. The molecule has 0 aliphatic carbocycles. The maximum Gasteiger partial charge on any atom is 0.236 e. The van der Waals surface area contributed by atoms with Gasteiger partial charge in [-0.05, 0) is 30.4 Å². The van der Waals surface area contributed by atoms with Crippen molar-refractivity contribution in [2.24, 2.45) is 11.8 Å². The highest BCUT2D eigenvalue weighted by atomic mass is 16.2. The van der Waals surface area contributed by atoms with Gasteiger partial charge >= 0.3 is 0 Å². The molecule has 0 spiro atoms. The van der Waals surface area contributed by atoms with Crippen molar-refractivity contribution in [2.75, 3.05) is 26.2 Å². The Bertz CT molecular complexity index is 530. The summed E-state index contributed by atoms with van der Waals surface area (Å²) in [4.78, 5) is 21.0. The van der Waals surface area contributed by atoms with E-state index in [9.17, 15) is 4.79 Å². The van der Waals surface area contributed by atoms with E-state index in [2.05, 4.69) is 24.9 Å². The number of hydrogen-bond donors (Lipinski definition) is 0. The maximum atomic E-state index is 12.6. The molecule has 2 rings (SSSR count). The third-order valence-corrected chi connectivity index (χ3v) is 4.23. The number of nitrogens with zero attached hydrogens (tertiary/aromatic N) is 4. The molecular formula is C18H26N4O. The molecule has 2 atom stereocenters. The van der Waals surface area contributed by atoms with Crippen LogP contribution < -0.4 is 0 Å². The molecule has 0 N–H and O–H groups in total. The van der Waals surface area contributed by atoms with Gasteiger partial charge in [0.15, 0.2) is 0 Å². The lowest BCUT2D eigenvalue weighted by Crippen LogP contribution is -2.47. The number of likely N-dealkylation sites (tertiary alicyclic amines) is 1. The zero-order valence-corrected chi connectivity index (χ0v) is 14.1. The van der Waals surface area contributed by atoms with Crippen molar-refractivity contribution < 1.29 is 4.79 Å². The van der Waals surface area contributed by atoms with E-state index in [4.69, 9.17) is 5.26 Å². The predicted molar refractivity (Wildman–Crippen MR) is 89.3 cm³/mol. The van der Waals surface area contributed by atoms with Crippen LogP contribution in [0.2, 0.25) is 0 Å². The lowest BCUT2D eigenvalue weighted by atomic mass is 9.92. The van der Waals surface area contributed by atoms with Gasteiger partial charge in [-0.25, -0.2) is 0 Å². The summed E-state index contributed by atoms with van der Waals surface area (Å²) in [5, 5.41) is 8.85. The Labute approximate surface area is 138 Å². The van der Waals surface area contributed by atoms with Crippen molar-refractivity contribution in [3.05, 3.63) is 30.1 Å². The molecular weight excluding hydrogens is 288 g/mol. The minimum Gasteiger partial charge on any atom is -0.341 e. The number of piperidine rings is 1. The van der Waals surface area contributed by atoms with E-state index < -0.39 is 0 Å². The Morgan fingerprint density at radius 1 is 1.39 bits per heavy atom. The average molecular weight is 314 g/mol. The van der Waals surface area contributed by atoms with Gasteiger partial charge in [-0.2, -0.15) is 5.26 Å². The van der Waals surface area contributed by atoms with E-state index in [1.807, 2.05) is 28.0 Å². The monoisotopic (exact) mass is 314 g/mol. The van der Waals surface area contributed by atoms with Crippen LogP contribution in [-0.2, 0) is 11.3 Å². The van der Waals surface area contributed by atoms with Crippen LogP contribution in [0.25, 0.3) is 0 Å². The van der Waals surface area contributed by atoms with Crippen LogP contribution in [0.15, 0.2) is 24.4 Å². The molecule has 124 valence electrons. The zero-order valence-electron chi connectivity index (χ0n) is 14.1. The van der Waals surface area contributed by atoms with Gasteiger partial charge in [-0.1, -0.05) is 19.9 Å². The third kappa shape index (κ3) is 5.65. The summed E-state index contributed by atoms with van der Waals surface area (Å²) in [7, 11) is 0. The van der Waals surface area contributed by atoms with Crippen LogP contribution in [0.4, 0.5) is 0 Å². The first-order valence-electron chi connectivity index (χ1n) is 8.35. The van der Waals surface area contributed by atoms with Gasteiger partial charge in [0, 0.05) is 38.8 Å². The fourth-order valence-corrected chi connectivity index (χ4v) is 3.30. The lowest BCUT2D eigenvalue weighted by molar-refractivity contribution is -0.135. The molecule has 1 amide bonds. The van der Waals surface area contributed by atoms with Gasteiger partial charge in [0.1, 0.15) is 0 Å². The van der Waals surface area contributed by atoms with Crippen LogP contribution >= 0.6 is 0 Å². The molecule has 0 radical (unpaired) electrons. The molecule has 5 nitrogen and oxygen atoms in total. The van der Waals surface area contributed by atoms with E-state index >= 15 is 0 Å². The molecule has 23 heavy (non-hydrogen) atoms. The molecule has 1 fully saturated rings. The molecule has 0 aromatic carbocycles. The summed E-state index contributed by atoms with van der Waals surface area (Å²) in [5.41, 5.74) is 0.929. The molecule has 0 unspecified atom stereocenters. The van der Waals surface area contributed by atoms with E-state index in [0.717, 1.165) is 18.8 Å². The van der Waals surface area contributed by atoms with Crippen molar-refractivity contribution in [2.45, 2.75) is 33.2 Å². The number of carbonyl (C=O) groups excluding carboxylic acids is 1. The number of rotatable bonds is 6. The van der Waals surface area contributed by atoms with Gasteiger partial charge in [0.05, 0.1) is 18.3 Å². The second-order valence-corrected chi connectivity index (χ2v) is 6.68. The number of carbonyl (C=O) groups is 1. The van der Waals surface area contributed by atoms with Gasteiger partial charge in [0.25, 0.3) is 0 Å². The molecule has 5 heteroatoms. The molecule has 1 aliphatic heterocycles. The highest BCUT2D eigenvalue weighted by Gasteiger charge is 2.26. The zero-order chi connectivity index (χ0) is 16.7. The smallest absolute Gasteiger partial charge is 0.236 e. The molecule has 1 aliphatic rings. The topological polar surface area (TPSA) is 60.2 Å². The summed E-state index contributed by atoms with van der Waals surface area (Å²) in [6.07, 6.45) is 3.37. The Morgan fingerprint density at radius 2 is 2.13 bits per heavy atom. The van der Waals surface area contributed by atoms with E-state index in [0.29, 0.717) is 37.9 Å².